The zero-order valence-corrected chi connectivity index (χ0v) is 31.5. The second-order valence-electron chi connectivity index (χ2n) is 14.4. The predicted octanol–water partition coefficient (Wildman–Crippen LogP) is 1.10. The number of methoxy groups -OCH3 is 3. The van der Waals surface area contributed by atoms with E-state index >= 15 is 0 Å². The molecule has 0 aromatic heterocycles. The van der Waals surface area contributed by atoms with E-state index in [1.807, 2.05) is 6.92 Å². The molecule has 5 fully saturated rings. The third-order valence-electron chi connectivity index (χ3n) is 10.5. The average Bonchev–Trinajstić information content (AvgIpc) is 3.07. The maximum atomic E-state index is 11.8. The molecule has 0 amide bonds. The van der Waals surface area contributed by atoms with E-state index < -0.39 is 123 Å². The second-order valence-corrected chi connectivity index (χ2v) is 14.4. The number of aliphatic hydroxyl groups is 2. The van der Waals surface area contributed by atoms with E-state index in [2.05, 4.69) is 0 Å². The molecule has 0 aliphatic carbocycles. The quantitative estimate of drug-likeness (QED) is 0.269. The minimum Gasteiger partial charge on any atom is -0.460 e. The van der Waals surface area contributed by atoms with E-state index in [-0.39, 0.29) is 25.2 Å². The summed E-state index contributed by atoms with van der Waals surface area (Å²) in [6, 6.07) is 0. The molecule has 0 aromatic rings. The Balaban J connectivity index is 1.10. The Kier molecular flexibility index (Phi) is 14.7. The first-order chi connectivity index (χ1) is 24.7. The molecular weight excluding hydrogens is 692 g/mol. The van der Waals surface area contributed by atoms with Crippen LogP contribution in [0.5, 0.6) is 0 Å². The van der Waals surface area contributed by atoms with Crippen LogP contribution in [0, 0.1) is 0 Å². The summed E-state index contributed by atoms with van der Waals surface area (Å²) in [5.74, 6) is -0.775. The van der Waals surface area contributed by atoms with Crippen molar-refractivity contribution in [2.75, 3.05) is 21.3 Å². The van der Waals surface area contributed by atoms with Crippen molar-refractivity contribution in [2.24, 2.45) is 0 Å². The summed E-state index contributed by atoms with van der Waals surface area (Å²) < 4.78 is 77.0. The summed E-state index contributed by atoms with van der Waals surface area (Å²) in [6.45, 7) is 10.3. The van der Waals surface area contributed by atoms with E-state index in [0.717, 1.165) is 0 Å². The Bertz CT molecular complexity index is 1140. The first-order valence-electron chi connectivity index (χ1n) is 18.3. The minimum atomic E-state index is -0.967. The van der Waals surface area contributed by atoms with Crippen molar-refractivity contribution in [1.29, 1.82) is 0 Å². The first kappa shape index (κ1) is 41.6. The van der Waals surface area contributed by atoms with Crippen LogP contribution in [0.1, 0.15) is 73.6 Å². The van der Waals surface area contributed by atoms with Crippen molar-refractivity contribution < 1.29 is 81.4 Å². The van der Waals surface area contributed by atoms with Gasteiger partial charge < -0.3 is 71.8 Å². The van der Waals surface area contributed by atoms with Crippen molar-refractivity contribution in [3.05, 3.63) is 0 Å². The molecule has 52 heavy (non-hydrogen) atoms. The van der Waals surface area contributed by atoms with Crippen molar-refractivity contribution in [1.82, 2.24) is 0 Å². The SMILES string of the molecule is COC1CC(OC2C(C)OC(OC3C(O)CC(OC4C(O)CC(OC5C(C)OC(=O)CC5OC)OC4C)OC3C)CC2OC)OC(C)C1OC(C)=O. The zero-order valence-electron chi connectivity index (χ0n) is 31.5. The van der Waals surface area contributed by atoms with Crippen molar-refractivity contribution >= 4 is 11.9 Å². The highest BCUT2D eigenvalue weighted by Crippen LogP contribution is 2.35. The number of hydrogen-bond donors (Lipinski definition) is 2. The van der Waals surface area contributed by atoms with E-state index in [1.165, 1.54) is 14.0 Å². The van der Waals surface area contributed by atoms with Crippen LogP contribution in [0.25, 0.3) is 0 Å². The molecule has 5 aliphatic rings. The van der Waals surface area contributed by atoms with E-state index in [1.54, 1.807) is 41.9 Å². The summed E-state index contributed by atoms with van der Waals surface area (Å²) in [5.41, 5.74) is 0. The van der Waals surface area contributed by atoms with Crippen molar-refractivity contribution in [2.45, 2.75) is 190 Å². The molecule has 5 heterocycles. The smallest absolute Gasteiger partial charge is 0.308 e. The maximum Gasteiger partial charge on any atom is 0.308 e. The van der Waals surface area contributed by atoms with Gasteiger partial charge in [0.1, 0.15) is 36.6 Å². The second kappa shape index (κ2) is 18.4. The van der Waals surface area contributed by atoms with Crippen LogP contribution >= 0.6 is 0 Å². The van der Waals surface area contributed by atoms with Crippen LogP contribution in [0.3, 0.4) is 0 Å². The molecule has 0 radical (unpaired) electrons. The Morgan fingerprint density at radius 3 is 1.35 bits per heavy atom. The Hall–Kier alpha value is -1.58. The molecule has 5 aliphatic heterocycles. The summed E-state index contributed by atoms with van der Waals surface area (Å²) in [7, 11) is 4.64. The Morgan fingerprint density at radius 2 is 0.923 bits per heavy atom. The van der Waals surface area contributed by atoms with Gasteiger partial charge in [-0.05, 0) is 34.6 Å². The lowest BCUT2D eigenvalue weighted by Crippen LogP contribution is -2.58. The topological polar surface area (TPSA) is 195 Å². The van der Waals surface area contributed by atoms with Crippen LogP contribution in [0.15, 0.2) is 0 Å². The molecule has 19 atom stereocenters. The van der Waals surface area contributed by atoms with Crippen molar-refractivity contribution in [3.8, 4) is 0 Å². The molecule has 0 saturated carbocycles. The summed E-state index contributed by atoms with van der Waals surface area (Å²) in [5, 5.41) is 22.3. The lowest BCUT2D eigenvalue weighted by Gasteiger charge is -2.46. The molecule has 0 spiro atoms. The van der Waals surface area contributed by atoms with E-state index in [4.69, 9.17) is 61.6 Å². The number of esters is 2. The van der Waals surface area contributed by atoms with Crippen LogP contribution in [0.4, 0.5) is 0 Å². The lowest BCUT2D eigenvalue weighted by atomic mass is 9.98. The highest BCUT2D eigenvalue weighted by molar-refractivity contribution is 5.71. The van der Waals surface area contributed by atoms with Crippen molar-refractivity contribution in [3.63, 3.8) is 0 Å². The van der Waals surface area contributed by atoms with Gasteiger partial charge >= 0.3 is 11.9 Å². The summed E-state index contributed by atoms with van der Waals surface area (Å²) in [6.07, 6.45) is -11.1. The van der Waals surface area contributed by atoms with Gasteiger partial charge in [-0.1, -0.05) is 0 Å². The van der Waals surface area contributed by atoms with Crippen LogP contribution in [0.2, 0.25) is 0 Å². The van der Waals surface area contributed by atoms with Gasteiger partial charge in [0, 0.05) is 53.9 Å². The highest BCUT2D eigenvalue weighted by Gasteiger charge is 2.48. The number of aliphatic hydroxyl groups excluding tert-OH is 2. The maximum absolute atomic E-state index is 11.8. The van der Waals surface area contributed by atoms with Crippen LogP contribution in [-0.2, 0) is 71.2 Å². The molecular formula is C35H58O17. The third kappa shape index (κ3) is 9.99. The van der Waals surface area contributed by atoms with Crippen LogP contribution < -0.4 is 0 Å². The molecule has 300 valence electrons. The largest absolute Gasteiger partial charge is 0.460 e. The van der Waals surface area contributed by atoms with Gasteiger partial charge in [-0.3, -0.25) is 9.59 Å². The van der Waals surface area contributed by atoms with E-state index in [0.29, 0.717) is 12.8 Å². The molecule has 17 nitrogen and oxygen atoms in total. The normalized spacial score (nSPS) is 47.4. The van der Waals surface area contributed by atoms with Gasteiger partial charge in [0.25, 0.3) is 0 Å². The molecule has 17 heteroatoms. The lowest BCUT2D eigenvalue weighted by molar-refractivity contribution is -0.347. The fourth-order valence-corrected chi connectivity index (χ4v) is 7.83. The molecule has 2 N–H and O–H groups in total. The standard InChI is InChI=1S/C35H58O17/c1-15-31(22(38)11-28(45-15)51-34-17(3)43-26(39)12-23(34)40-7)49-27-10-21(37)32(16(2)44-27)50-29-14-25(42-9)35(19(5)47-29)52-30-13-24(41-8)33(18(4)46-30)48-20(6)36/h15-19,21-25,27-35,37-38H,10-14H2,1-9H3. The predicted molar refractivity (Wildman–Crippen MR) is 175 cm³/mol. The highest BCUT2D eigenvalue weighted by atomic mass is 16.8. The number of carbonyl (C=O) groups excluding carboxylic acids is 2. The summed E-state index contributed by atoms with van der Waals surface area (Å²) in [4.78, 5) is 23.4. The van der Waals surface area contributed by atoms with Gasteiger partial charge in [-0.15, -0.1) is 0 Å². The zero-order chi connectivity index (χ0) is 37.9. The monoisotopic (exact) mass is 750 g/mol. The average molecular weight is 751 g/mol. The number of ether oxygens (including phenoxy) is 13. The van der Waals surface area contributed by atoms with Gasteiger partial charge in [-0.2, -0.15) is 0 Å². The van der Waals surface area contributed by atoms with Gasteiger partial charge in [0.05, 0.1) is 55.3 Å². The molecule has 0 aromatic carbocycles. The van der Waals surface area contributed by atoms with Crippen LogP contribution in [-0.4, -0.2) is 160 Å². The number of hydrogen-bond acceptors (Lipinski definition) is 17. The number of cyclic esters (lactones) is 1. The van der Waals surface area contributed by atoms with Gasteiger partial charge in [0.15, 0.2) is 31.3 Å². The minimum absolute atomic E-state index is 0.0621. The fraction of sp³-hybridized carbons (Fsp3) is 0.943. The fourth-order valence-electron chi connectivity index (χ4n) is 7.83. The first-order valence-corrected chi connectivity index (χ1v) is 18.3. The molecule has 0 bridgehead atoms. The van der Waals surface area contributed by atoms with Gasteiger partial charge in [-0.25, -0.2) is 0 Å². The molecule has 5 rings (SSSR count). The molecule has 5 saturated heterocycles. The molecule has 19 unspecified atom stereocenters. The summed E-state index contributed by atoms with van der Waals surface area (Å²) >= 11 is 0. The number of rotatable bonds is 12. The third-order valence-corrected chi connectivity index (χ3v) is 10.5. The Morgan fingerprint density at radius 1 is 0.558 bits per heavy atom. The van der Waals surface area contributed by atoms with Gasteiger partial charge in [0.2, 0.25) is 0 Å². The number of carbonyl (C=O) groups is 2. The Labute approximate surface area is 305 Å². The van der Waals surface area contributed by atoms with E-state index in [9.17, 15) is 19.8 Å².